The first kappa shape index (κ1) is 24.7. The first-order chi connectivity index (χ1) is 12.1. The predicted molar refractivity (Wildman–Crippen MR) is 111 cm³/mol. The van der Waals surface area contributed by atoms with Gasteiger partial charge in [-0.25, -0.2) is 8.42 Å². The Kier molecular flexibility index (Phi) is 9.59. The summed E-state index contributed by atoms with van der Waals surface area (Å²) in [7, 11) is -1.63. The number of hydrogen-bond donors (Lipinski definition) is 2. The van der Waals surface area contributed by atoms with Gasteiger partial charge in [0, 0.05) is 32.7 Å². The Hall–Kier alpha value is -0.300. The summed E-state index contributed by atoms with van der Waals surface area (Å²) in [5.74, 6) is -0.743. The molecule has 1 saturated heterocycles. The van der Waals surface area contributed by atoms with Gasteiger partial charge in [0.1, 0.15) is 0 Å². The molecule has 2 unspecified atom stereocenters. The Labute approximate surface area is 176 Å². The highest BCUT2D eigenvalue weighted by Gasteiger charge is 2.42. The van der Waals surface area contributed by atoms with Crippen LogP contribution < -0.4 is 10.6 Å². The average molecular weight is 526 g/mol. The van der Waals surface area contributed by atoms with Crippen molar-refractivity contribution < 1.29 is 21.6 Å². The van der Waals surface area contributed by atoms with Gasteiger partial charge in [0.2, 0.25) is 10.0 Å². The number of halogens is 4. The third-order valence-corrected chi connectivity index (χ3v) is 6.61. The summed E-state index contributed by atoms with van der Waals surface area (Å²) in [5, 5.41) is 6.20. The number of guanidine groups is 1. The lowest BCUT2D eigenvalue weighted by molar-refractivity contribution is -0.185. The standard InChI is InChI=1S/C16H29F3N4O2S.HI/c1-20-15(22-11-14-7-4-8-23(14)26(2,24)25)21-10-12-5-3-6-13(9-12)16(17,18)19;/h12-14H,3-11H2,1-2H3,(H2,20,21,22);1H/t12?,13?,14-;/m1./s1. The molecule has 160 valence electrons. The van der Waals surface area contributed by atoms with Crippen LogP contribution in [0.5, 0.6) is 0 Å². The highest BCUT2D eigenvalue weighted by molar-refractivity contribution is 14.0. The van der Waals surface area contributed by atoms with E-state index in [1.807, 2.05) is 0 Å². The maximum Gasteiger partial charge on any atom is 0.391 e. The van der Waals surface area contributed by atoms with Gasteiger partial charge in [0.15, 0.2) is 5.96 Å². The molecule has 0 radical (unpaired) electrons. The zero-order valence-electron chi connectivity index (χ0n) is 15.8. The Morgan fingerprint density at radius 2 is 1.81 bits per heavy atom. The second-order valence-electron chi connectivity index (χ2n) is 7.27. The number of aliphatic imine (C=N–C) groups is 1. The van der Waals surface area contributed by atoms with Crippen molar-refractivity contribution >= 4 is 40.0 Å². The normalized spacial score (nSPS) is 27.9. The number of sulfonamides is 1. The molecule has 2 fully saturated rings. The largest absolute Gasteiger partial charge is 0.391 e. The molecule has 2 rings (SSSR count). The molecule has 0 aromatic heterocycles. The third kappa shape index (κ3) is 7.56. The van der Waals surface area contributed by atoms with Crippen LogP contribution in [0.15, 0.2) is 4.99 Å². The van der Waals surface area contributed by atoms with Crippen LogP contribution in [-0.4, -0.2) is 63.8 Å². The van der Waals surface area contributed by atoms with Gasteiger partial charge in [-0.2, -0.15) is 17.5 Å². The van der Waals surface area contributed by atoms with Gasteiger partial charge in [0.25, 0.3) is 0 Å². The Morgan fingerprint density at radius 3 is 2.41 bits per heavy atom. The van der Waals surface area contributed by atoms with Crippen molar-refractivity contribution in [3.05, 3.63) is 0 Å². The number of nitrogens with zero attached hydrogens (tertiary/aromatic N) is 2. The van der Waals surface area contributed by atoms with E-state index < -0.39 is 22.1 Å². The molecule has 0 spiro atoms. The second kappa shape index (κ2) is 10.5. The van der Waals surface area contributed by atoms with Crippen LogP contribution in [0.4, 0.5) is 13.2 Å². The quantitative estimate of drug-likeness (QED) is 0.328. The van der Waals surface area contributed by atoms with Crippen LogP contribution in [0.2, 0.25) is 0 Å². The van der Waals surface area contributed by atoms with Crippen molar-refractivity contribution in [3.8, 4) is 0 Å². The number of alkyl halides is 3. The van der Waals surface area contributed by atoms with E-state index in [1.165, 1.54) is 10.6 Å². The third-order valence-electron chi connectivity index (χ3n) is 5.28. The maximum atomic E-state index is 12.9. The van der Waals surface area contributed by atoms with Crippen LogP contribution in [-0.2, 0) is 10.0 Å². The van der Waals surface area contributed by atoms with Crippen LogP contribution in [0.3, 0.4) is 0 Å². The minimum absolute atomic E-state index is 0. The van der Waals surface area contributed by atoms with Crippen molar-refractivity contribution in [2.24, 2.45) is 16.8 Å². The van der Waals surface area contributed by atoms with Gasteiger partial charge in [-0.1, -0.05) is 6.42 Å². The SMILES string of the molecule is CN=C(NCC1CCCC(C(F)(F)F)C1)NC[C@H]1CCCN1S(C)(=O)=O.I. The summed E-state index contributed by atoms with van der Waals surface area (Å²) >= 11 is 0. The topological polar surface area (TPSA) is 73.8 Å². The molecule has 11 heteroatoms. The molecule has 1 aliphatic carbocycles. The van der Waals surface area contributed by atoms with Crippen molar-refractivity contribution in [1.82, 2.24) is 14.9 Å². The molecule has 1 aliphatic heterocycles. The summed E-state index contributed by atoms with van der Waals surface area (Å²) in [5.41, 5.74) is 0. The summed E-state index contributed by atoms with van der Waals surface area (Å²) in [6.07, 6.45) is 0.441. The van der Waals surface area contributed by atoms with E-state index in [2.05, 4.69) is 15.6 Å². The van der Waals surface area contributed by atoms with Gasteiger partial charge in [-0.3, -0.25) is 4.99 Å². The number of hydrogen-bond acceptors (Lipinski definition) is 3. The average Bonchev–Trinajstić information content (AvgIpc) is 3.03. The van der Waals surface area contributed by atoms with E-state index in [4.69, 9.17) is 0 Å². The van der Waals surface area contributed by atoms with Gasteiger partial charge in [-0.15, -0.1) is 24.0 Å². The van der Waals surface area contributed by atoms with E-state index in [0.717, 1.165) is 19.3 Å². The fourth-order valence-electron chi connectivity index (χ4n) is 3.90. The van der Waals surface area contributed by atoms with Gasteiger partial charge in [0.05, 0.1) is 12.2 Å². The van der Waals surface area contributed by atoms with E-state index in [0.29, 0.717) is 32.0 Å². The van der Waals surface area contributed by atoms with Crippen molar-refractivity contribution in [2.45, 2.75) is 50.7 Å². The lowest BCUT2D eigenvalue weighted by atomic mass is 9.81. The van der Waals surface area contributed by atoms with Crippen molar-refractivity contribution in [2.75, 3.05) is 32.9 Å². The summed E-state index contributed by atoms with van der Waals surface area (Å²) in [6, 6.07) is -0.118. The molecular weight excluding hydrogens is 496 g/mol. The highest BCUT2D eigenvalue weighted by atomic mass is 127. The predicted octanol–water partition coefficient (Wildman–Crippen LogP) is 2.56. The van der Waals surface area contributed by atoms with Crippen LogP contribution >= 0.6 is 24.0 Å². The monoisotopic (exact) mass is 526 g/mol. The van der Waals surface area contributed by atoms with Gasteiger partial charge >= 0.3 is 6.18 Å². The first-order valence-corrected chi connectivity index (χ1v) is 10.9. The molecule has 1 heterocycles. The smallest absolute Gasteiger partial charge is 0.356 e. The summed E-state index contributed by atoms with van der Waals surface area (Å²) in [4.78, 5) is 4.09. The summed E-state index contributed by atoms with van der Waals surface area (Å²) < 4.78 is 63.7. The molecule has 2 N–H and O–H groups in total. The van der Waals surface area contributed by atoms with Crippen molar-refractivity contribution in [1.29, 1.82) is 0 Å². The zero-order chi connectivity index (χ0) is 19.4. The highest BCUT2D eigenvalue weighted by Crippen LogP contribution is 2.39. The van der Waals surface area contributed by atoms with Gasteiger partial charge in [-0.05, 0) is 38.0 Å². The molecular formula is C16H30F3IN4O2S. The molecule has 0 bridgehead atoms. The molecule has 0 aromatic carbocycles. The van der Waals surface area contributed by atoms with E-state index in [9.17, 15) is 21.6 Å². The van der Waals surface area contributed by atoms with E-state index >= 15 is 0 Å². The van der Waals surface area contributed by atoms with E-state index in [1.54, 1.807) is 7.05 Å². The van der Waals surface area contributed by atoms with Gasteiger partial charge < -0.3 is 10.6 Å². The molecule has 2 aliphatic rings. The Bertz CT molecular complexity index is 601. The second-order valence-corrected chi connectivity index (χ2v) is 9.21. The maximum absolute atomic E-state index is 12.9. The van der Waals surface area contributed by atoms with Crippen LogP contribution in [0.1, 0.15) is 38.5 Å². The molecule has 1 saturated carbocycles. The lowest BCUT2D eigenvalue weighted by Gasteiger charge is -2.31. The fraction of sp³-hybridized carbons (Fsp3) is 0.938. The van der Waals surface area contributed by atoms with Crippen LogP contribution in [0.25, 0.3) is 0 Å². The lowest BCUT2D eigenvalue weighted by Crippen LogP contribution is -2.47. The molecule has 0 aromatic rings. The van der Waals surface area contributed by atoms with Crippen molar-refractivity contribution in [3.63, 3.8) is 0 Å². The summed E-state index contributed by atoms with van der Waals surface area (Å²) in [6.45, 7) is 1.40. The minimum Gasteiger partial charge on any atom is -0.356 e. The Morgan fingerprint density at radius 1 is 1.15 bits per heavy atom. The fourth-order valence-corrected chi connectivity index (χ4v) is 5.08. The molecule has 3 atom stereocenters. The Balaban J connectivity index is 0.00000364. The molecule has 0 amide bonds. The zero-order valence-corrected chi connectivity index (χ0v) is 18.9. The molecule has 6 nitrogen and oxygen atoms in total. The number of rotatable bonds is 5. The van der Waals surface area contributed by atoms with Crippen LogP contribution in [0, 0.1) is 11.8 Å². The van der Waals surface area contributed by atoms with E-state index in [-0.39, 0.29) is 48.8 Å². The first-order valence-electron chi connectivity index (χ1n) is 9.09. The molecule has 27 heavy (non-hydrogen) atoms. The number of nitrogens with one attached hydrogen (secondary N) is 2. The minimum atomic E-state index is -4.11.